The van der Waals surface area contributed by atoms with Crippen molar-refractivity contribution in [3.8, 4) is 0 Å². The van der Waals surface area contributed by atoms with Crippen molar-refractivity contribution in [1.29, 1.82) is 0 Å². The summed E-state index contributed by atoms with van der Waals surface area (Å²) in [5, 5.41) is 5.12. The molecule has 1 aliphatic heterocycles. The van der Waals surface area contributed by atoms with Crippen molar-refractivity contribution in [3.63, 3.8) is 0 Å². The molecule has 1 aromatic rings. The Labute approximate surface area is 176 Å². The molecule has 1 saturated carbocycles. The maximum atomic E-state index is 13.2. The second-order valence-corrected chi connectivity index (χ2v) is 10.6. The van der Waals surface area contributed by atoms with Crippen molar-refractivity contribution in [2.45, 2.75) is 44.0 Å². The number of allylic oxidation sites excluding steroid dienone is 2. The van der Waals surface area contributed by atoms with E-state index in [1.165, 1.54) is 29.2 Å². The Morgan fingerprint density at radius 1 is 1.07 bits per heavy atom. The van der Waals surface area contributed by atoms with E-state index in [1.54, 1.807) is 0 Å². The molecule has 0 spiro atoms. The van der Waals surface area contributed by atoms with Crippen molar-refractivity contribution >= 4 is 27.6 Å². The summed E-state index contributed by atoms with van der Waals surface area (Å²) in [5.74, 6) is -0.985. The van der Waals surface area contributed by atoms with Crippen LogP contribution < -0.4 is 5.14 Å². The highest BCUT2D eigenvalue weighted by atomic mass is 32.2. The zero-order valence-electron chi connectivity index (χ0n) is 17.0. The van der Waals surface area contributed by atoms with Crippen molar-refractivity contribution < 1.29 is 22.8 Å². The molecular weight excluding hydrogens is 404 g/mol. The van der Waals surface area contributed by atoms with Crippen molar-refractivity contribution in [3.05, 3.63) is 42.0 Å². The van der Waals surface area contributed by atoms with Crippen LogP contribution in [0.15, 0.2) is 41.3 Å². The first-order valence-corrected chi connectivity index (χ1v) is 11.8. The SMILES string of the molecule is CC(C)C[C@H](C(=O)Cc1ccc(S(N)(=O)=O)cc1)N1C(=O)[C@@H]2[C@H](C1=O)[C@H]1C=C[C@H]2C1. The lowest BCUT2D eigenvalue weighted by Gasteiger charge is -2.28. The fourth-order valence-corrected chi connectivity index (χ4v) is 5.69. The lowest BCUT2D eigenvalue weighted by molar-refractivity contribution is -0.148. The number of nitrogens with two attached hydrogens (primary N) is 1. The summed E-state index contributed by atoms with van der Waals surface area (Å²) < 4.78 is 22.8. The van der Waals surface area contributed by atoms with Gasteiger partial charge < -0.3 is 0 Å². The fourth-order valence-electron chi connectivity index (χ4n) is 5.18. The number of hydrogen-bond acceptors (Lipinski definition) is 5. The van der Waals surface area contributed by atoms with Crippen LogP contribution in [0.4, 0.5) is 0 Å². The van der Waals surface area contributed by atoms with E-state index >= 15 is 0 Å². The molecule has 2 amide bonds. The van der Waals surface area contributed by atoms with Gasteiger partial charge in [0.15, 0.2) is 5.78 Å². The average molecular weight is 431 g/mol. The number of Topliss-reactive ketones (excluding diaryl/α,β-unsaturated/α-hetero) is 1. The van der Waals surface area contributed by atoms with E-state index in [0.29, 0.717) is 12.0 Å². The number of imide groups is 1. The molecule has 3 aliphatic rings. The molecule has 2 fully saturated rings. The second-order valence-electron chi connectivity index (χ2n) is 9.02. The van der Waals surface area contributed by atoms with E-state index in [4.69, 9.17) is 5.14 Å². The van der Waals surface area contributed by atoms with Crippen LogP contribution in [0.2, 0.25) is 0 Å². The van der Waals surface area contributed by atoms with Crippen molar-refractivity contribution in [2.24, 2.45) is 34.7 Å². The molecule has 1 saturated heterocycles. The number of rotatable bonds is 7. The summed E-state index contributed by atoms with van der Waals surface area (Å²) in [7, 11) is -3.81. The number of primary sulfonamides is 1. The minimum absolute atomic E-state index is 0.0137. The standard InChI is InChI=1S/C22H26N2O5S/c1-12(2)9-17(18(25)10-13-3-7-16(8-4-13)30(23,28)29)24-21(26)19-14-5-6-15(11-14)20(19)22(24)27/h3-8,12,14-15,17,19-20H,9-11H2,1-2H3,(H2,23,28,29)/t14-,15-,17+,19-,20+/m0/s1. The highest BCUT2D eigenvalue weighted by Crippen LogP contribution is 2.53. The zero-order chi connectivity index (χ0) is 21.8. The molecule has 30 heavy (non-hydrogen) atoms. The maximum absolute atomic E-state index is 13.2. The lowest BCUT2D eigenvalue weighted by atomic mass is 9.85. The minimum atomic E-state index is -3.81. The average Bonchev–Trinajstić information content (AvgIpc) is 3.33. The van der Waals surface area contributed by atoms with Gasteiger partial charge in [-0.15, -0.1) is 0 Å². The van der Waals surface area contributed by atoms with Crippen LogP contribution in [0.5, 0.6) is 0 Å². The second kappa shape index (κ2) is 7.42. The molecule has 2 bridgehead atoms. The topological polar surface area (TPSA) is 115 Å². The van der Waals surface area contributed by atoms with Gasteiger partial charge in [-0.25, -0.2) is 13.6 Å². The molecular formula is C22H26N2O5S. The van der Waals surface area contributed by atoms with E-state index in [0.717, 1.165) is 6.42 Å². The third-order valence-electron chi connectivity index (χ3n) is 6.51. The largest absolute Gasteiger partial charge is 0.297 e. The summed E-state index contributed by atoms with van der Waals surface area (Å²) in [6.07, 6.45) is 5.34. The Kier molecular flexibility index (Phi) is 5.18. The summed E-state index contributed by atoms with van der Waals surface area (Å²) in [6, 6.07) is 4.99. The molecule has 0 aromatic heterocycles. The van der Waals surface area contributed by atoms with Crippen LogP contribution in [0.3, 0.4) is 0 Å². The first-order chi connectivity index (χ1) is 14.1. The third kappa shape index (κ3) is 3.52. The normalized spacial score (nSPS) is 28.5. The Morgan fingerprint density at radius 3 is 2.07 bits per heavy atom. The monoisotopic (exact) mass is 430 g/mol. The van der Waals surface area contributed by atoms with Crippen molar-refractivity contribution in [1.82, 2.24) is 4.90 Å². The smallest absolute Gasteiger partial charge is 0.238 e. The predicted molar refractivity (Wildman–Crippen MR) is 109 cm³/mol. The van der Waals surface area contributed by atoms with Gasteiger partial charge >= 0.3 is 0 Å². The minimum Gasteiger partial charge on any atom is -0.297 e. The lowest BCUT2D eigenvalue weighted by Crippen LogP contribution is -2.47. The van der Waals surface area contributed by atoms with E-state index in [9.17, 15) is 22.8 Å². The Bertz CT molecular complexity index is 998. The number of benzene rings is 1. The molecule has 0 unspecified atom stereocenters. The Balaban J connectivity index is 1.56. The number of likely N-dealkylation sites (tertiary alicyclic amines) is 1. The summed E-state index contributed by atoms with van der Waals surface area (Å²) >= 11 is 0. The highest BCUT2D eigenvalue weighted by Gasteiger charge is 2.60. The molecule has 7 nitrogen and oxygen atoms in total. The fraction of sp³-hybridized carbons (Fsp3) is 0.500. The van der Waals surface area contributed by atoms with E-state index < -0.39 is 16.1 Å². The van der Waals surface area contributed by atoms with Crippen LogP contribution in [0, 0.1) is 29.6 Å². The Morgan fingerprint density at radius 2 is 1.60 bits per heavy atom. The summed E-state index contributed by atoms with van der Waals surface area (Å²) in [6.45, 7) is 3.91. The van der Waals surface area contributed by atoms with Crippen molar-refractivity contribution in [2.75, 3.05) is 0 Å². The molecule has 4 rings (SSSR count). The summed E-state index contributed by atoms with van der Waals surface area (Å²) in [4.78, 5) is 40.7. The number of sulfonamides is 1. The highest BCUT2D eigenvalue weighted by molar-refractivity contribution is 7.89. The molecule has 8 heteroatoms. The first-order valence-electron chi connectivity index (χ1n) is 10.3. The van der Waals surface area contributed by atoms with Crippen LogP contribution in [0.1, 0.15) is 32.3 Å². The maximum Gasteiger partial charge on any atom is 0.238 e. The van der Waals surface area contributed by atoms with Gasteiger partial charge in [-0.3, -0.25) is 19.3 Å². The zero-order valence-corrected chi connectivity index (χ0v) is 17.8. The van der Waals surface area contributed by atoms with E-state index in [-0.39, 0.29) is 58.5 Å². The molecule has 0 radical (unpaired) electrons. The van der Waals surface area contributed by atoms with Crippen LogP contribution >= 0.6 is 0 Å². The molecule has 2 N–H and O–H groups in total. The van der Waals surface area contributed by atoms with Gasteiger partial charge in [-0.05, 0) is 48.3 Å². The van der Waals surface area contributed by atoms with E-state index in [2.05, 4.69) is 0 Å². The van der Waals surface area contributed by atoms with Crippen LogP contribution in [-0.4, -0.2) is 37.0 Å². The Hall–Kier alpha value is -2.32. The number of carbonyl (C=O) groups is 3. The van der Waals surface area contributed by atoms with Crippen LogP contribution in [-0.2, 0) is 30.8 Å². The van der Waals surface area contributed by atoms with Gasteiger partial charge in [0.05, 0.1) is 22.8 Å². The number of hydrogen-bond donors (Lipinski definition) is 1. The third-order valence-corrected chi connectivity index (χ3v) is 7.44. The van der Waals surface area contributed by atoms with Gasteiger partial charge in [-0.2, -0.15) is 0 Å². The number of carbonyl (C=O) groups excluding carboxylic acids is 3. The first kappa shape index (κ1) is 20.9. The number of amides is 2. The molecule has 1 heterocycles. The summed E-state index contributed by atoms with van der Waals surface area (Å²) in [5.41, 5.74) is 0.613. The van der Waals surface area contributed by atoms with Gasteiger partial charge in [-0.1, -0.05) is 38.1 Å². The van der Waals surface area contributed by atoms with Gasteiger partial charge in [0.25, 0.3) is 0 Å². The molecule has 1 aromatic carbocycles. The quantitative estimate of drug-likeness (QED) is 0.522. The molecule has 2 aliphatic carbocycles. The predicted octanol–water partition coefficient (Wildman–Crippen LogP) is 1.67. The number of ketones is 1. The van der Waals surface area contributed by atoms with Gasteiger partial charge in [0.1, 0.15) is 0 Å². The number of nitrogens with zero attached hydrogens (tertiary/aromatic N) is 1. The number of fused-ring (bicyclic) bond motifs is 5. The molecule has 160 valence electrons. The van der Waals surface area contributed by atoms with Gasteiger partial charge in [0, 0.05) is 6.42 Å². The van der Waals surface area contributed by atoms with E-state index in [1.807, 2.05) is 26.0 Å². The van der Waals surface area contributed by atoms with Crippen LogP contribution in [0.25, 0.3) is 0 Å². The van der Waals surface area contributed by atoms with Gasteiger partial charge in [0.2, 0.25) is 21.8 Å². The molecule has 5 atom stereocenters.